The SMILES string of the molecule is [Sn+][c]1ccccc1. The second-order valence-corrected chi connectivity index (χ2v) is 3.01. The van der Waals surface area contributed by atoms with Crippen molar-refractivity contribution in [2.75, 3.05) is 0 Å². The monoisotopic (exact) mass is 197 g/mol. The van der Waals surface area contributed by atoms with Crippen molar-refractivity contribution >= 4 is 26.1 Å². The first kappa shape index (κ1) is 5.16. The van der Waals surface area contributed by atoms with E-state index >= 15 is 0 Å². The Hall–Kier alpha value is 0.0187. The van der Waals surface area contributed by atoms with E-state index in [1.54, 1.807) is 0 Å². The summed E-state index contributed by atoms with van der Waals surface area (Å²) >= 11 is 1.49. The van der Waals surface area contributed by atoms with Crippen LogP contribution >= 0.6 is 0 Å². The summed E-state index contributed by atoms with van der Waals surface area (Å²) < 4.78 is 1.41. The molecule has 0 bridgehead atoms. The zero-order valence-electron chi connectivity index (χ0n) is 3.89. The fourth-order valence-electron chi connectivity index (χ4n) is 0.438. The molecular weight excluding hydrogens is 191 g/mol. The topological polar surface area (TPSA) is 0 Å². The molecule has 0 atom stereocenters. The molecule has 0 saturated carbocycles. The van der Waals surface area contributed by atoms with Gasteiger partial charge in [-0.15, -0.1) is 0 Å². The Balaban J connectivity index is 3.02. The van der Waals surface area contributed by atoms with Crippen LogP contribution in [0.2, 0.25) is 0 Å². The maximum atomic E-state index is 2.12. The van der Waals surface area contributed by atoms with E-state index in [9.17, 15) is 0 Å². The van der Waals surface area contributed by atoms with Gasteiger partial charge in [-0.1, -0.05) is 0 Å². The molecule has 0 aliphatic carbocycles. The van der Waals surface area contributed by atoms with E-state index in [-0.39, 0.29) is 0 Å². The number of hydrogen-bond donors (Lipinski definition) is 0. The Bertz CT molecular complexity index is 134. The molecule has 1 aromatic carbocycles. The van der Waals surface area contributed by atoms with Crippen LogP contribution < -0.4 is 3.58 Å². The summed E-state index contributed by atoms with van der Waals surface area (Å²) in [7, 11) is 0. The van der Waals surface area contributed by atoms with Gasteiger partial charge in [-0.3, -0.25) is 0 Å². The Morgan fingerprint density at radius 2 is 1.57 bits per heavy atom. The normalized spacial score (nSPS) is 8.57. The van der Waals surface area contributed by atoms with Crippen LogP contribution in [0.1, 0.15) is 0 Å². The van der Waals surface area contributed by atoms with Crippen molar-refractivity contribution in [2.24, 2.45) is 0 Å². The molecule has 32 valence electrons. The number of hydrogen-bond acceptors (Lipinski definition) is 0. The third-order valence-electron chi connectivity index (χ3n) is 0.774. The van der Waals surface area contributed by atoms with Gasteiger partial charge in [-0.25, -0.2) is 0 Å². The molecule has 1 aromatic rings. The predicted molar refractivity (Wildman–Crippen MR) is 31.8 cm³/mol. The van der Waals surface area contributed by atoms with Crippen LogP contribution in [0, 0.1) is 0 Å². The summed E-state index contributed by atoms with van der Waals surface area (Å²) in [5, 5.41) is 0. The molecule has 0 aromatic heterocycles. The van der Waals surface area contributed by atoms with Gasteiger partial charge in [0.1, 0.15) is 0 Å². The van der Waals surface area contributed by atoms with E-state index in [0.717, 1.165) is 0 Å². The van der Waals surface area contributed by atoms with Crippen molar-refractivity contribution in [1.29, 1.82) is 0 Å². The first-order valence-corrected chi connectivity index (χ1v) is 3.59. The van der Waals surface area contributed by atoms with Gasteiger partial charge in [0.05, 0.1) is 0 Å². The molecule has 0 saturated heterocycles. The minimum atomic E-state index is 1.41. The van der Waals surface area contributed by atoms with Crippen LogP contribution in [-0.4, -0.2) is 22.5 Å². The molecule has 0 aliphatic rings. The third kappa shape index (κ3) is 1.51. The van der Waals surface area contributed by atoms with Gasteiger partial charge >= 0.3 is 56.4 Å². The van der Waals surface area contributed by atoms with Gasteiger partial charge in [0.15, 0.2) is 0 Å². The molecule has 1 heteroatoms. The van der Waals surface area contributed by atoms with Gasteiger partial charge in [-0.2, -0.15) is 0 Å². The van der Waals surface area contributed by atoms with Crippen LogP contribution in [0.15, 0.2) is 30.3 Å². The van der Waals surface area contributed by atoms with Crippen LogP contribution in [0.4, 0.5) is 0 Å². The Morgan fingerprint density at radius 3 is 1.86 bits per heavy atom. The third-order valence-corrected chi connectivity index (χ3v) is 1.73. The van der Waals surface area contributed by atoms with Gasteiger partial charge in [0, 0.05) is 0 Å². The number of benzene rings is 1. The maximum absolute atomic E-state index is 2.12. The van der Waals surface area contributed by atoms with Gasteiger partial charge < -0.3 is 0 Å². The molecule has 0 spiro atoms. The molecular formula is C6H5Sn+. The first-order chi connectivity index (χ1) is 3.39. The molecule has 2 radical (unpaired) electrons. The molecule has 0 unspecified atom stereocenters. The molecule has 0 nitrogen and oxygen atoms in total. The number of rotatable bonds is 0. The van der Waals surface area contributed by atoms with E-state index in [4.69, 9.17) is 0 Å². The van der Waals surface area contributed by atoms with Crippen molar-refractivity contribution in [3.8, 4) is 0 Å². The van der Waals surface area contributed by atoms with Crippen molar-refractivity contribution < 1.29 is 0 Å². The second kappa shape index (κ2) is 2.36. The molecule has 0 aliphatic heterocycles. The average Bonchev–Trinajstić information content (AvgIpc) is 1.69. The standard InChI is InChI=1S/C6H5.Sn/c1-2-4-6-5-3-1;/h1-5H;/q;+1. The van der Waals surface area contributed by atoms with Crippen LogP contribution in [0.5, 0.6) is 0 Å². The van der Waals surface area contributed by atoms with Crippen molar-refractivity contribution in [3.05, 3.63) is 30.3 Å². The van der Waals surface area contributed by atoms with Crippen LogP contribution in [-0.2, 0) is 0 Å². The van der Waals surface area contributed by atoms with Crippen molar-refractivity contribution in [1.82, 2.24) is 0 Å². The van der Waals surface area contributed by atoms with E-state index in [1.165, 1.54) is 26.1 Å². The van der Waals surface area contributed by atoms with Gasteiger partial charge in [-0.05, 0) is 0 Å². The Labute approximate surface area is 56.6 Å². The van der Waals surface area contributed by atoms with Crippen LogP contribution in [0.25, 0.3) is 0 Å². The molecule has 0 N–H and O–H groups in total. The quantitative estimate of drug-likeness (QED) is 0.529. The summed E-state index contributed by atoms with van der Waals surface area (Å²) in [5.41, 5.74) is 0. The molecule has 0 amide bonds. The molecule has 7 heavy (non-hydrogen) atoms. The summed E-state index contributed by atoms with van der Waals surface area (Å²) in [5.74, 6) is 0. The summed E-state index contributed by atoms with van der Waals surface area (Å²) in [6.45, 7) is 0. The molecule has 0 fully saturated rings. The van der Waals surface area contributed by atoms with Crippen molar-refractivity contribution in [3.63, 3.8) is 0 Å². The van der Waals surface area contributed by atoms with Crippen LogP contribution in [0.3, 0.4) is 0 Å². The van der Waals surface area contributed by atoms with Gasteiger partial charge in [0.2, 0.25) is 0 Å². The predicted octanol–water partition coefficient (Wildman–Crippen LogP) is 0.480. The second-order valence-electron chi connectivity index (χ2n) is 1.37. The zero-order valence-corrected chi connectivity index (χ0v) is 6.74. The fraction of sp³-hybridized carbons (Fsp3) is 0. The zero-order chi connectivity index (χ0) is 5.11. The van der Waals surface area contributed by atoms with E-state index < -0.39 is 0 Å². The summed E-state index contributed by atoms with van der Waals surface area (Å²) in [6.07, 6.45) is 0. The minimum absolute atomic E-state index is 1.41. The molecule has 1 rings (SSSR count). The van der Waals surface area contributed by atoms with E-state index in [1.807, 2.05) is 6.07 Å². The first-order valence-electron chi connectivity index (χ1n) is 2.16. The van der Waals surface area contributed by atoms with E-state index in [0.29, 0.717) is 0 Å². The summed E-state index contributed by atoms with van der Waals surface area (Å²) in [4.78, 5) is 0. The van der Waals surface area contributed by atoms with E-state index in [2.05, 4.69) is 24.3 Å². The Morgan fingerprint density at radius 1 is 1.00 bits per heavy atom. The Kier molecular flexibility index (Phi) is 1.74. The van der Waals surface area contributed by atoms with Gasteiger partial charge in [0.25, 0.3) is 0 Å². The summed E-state index contributed by atoms with van der Waals surface area (Å²) in [6, 6.07) is 10.4. The van der Waals surface area contributed by atoms with Crippen molar-refractivity contribution in [2.45, 2.75) is 0 Å². The fourth-order valence-corrected chi connectivity index (χ4v) is 0.987. The molecule has 0 heterocycles. The average molecular weight is 196 g/mol.